The second-order valence-electron chi connectivity index (χ2n) is 6.68. The van der Waals surface area contributed by atoms with Gasteiger partial charge in [-0.25, -0.2) is 0 Å². The van der Waals surface area contributed by atoms with Crippen LogP contribution in [0.4, 0.5) is 5.82 Å². The molecular weight excluding hydrogens is 372 g/mol. The number of benzene rings is 1. The topological polar surface area (TPSA) is 100 Å². The smallest absolute Gasteiger partial charge is 0.287 e. The fraction of sp³-hybridized carbons (Fsp3) is 0.300. The van der Waals surface area contributed by atoms with Crippen molar-refractivity contribution in [3.8, 4) is 17.0 Å². The van der Waals surface area contributed by atoms with Crippen LogP contribution in [0, 0.1) is 0 Å². The number of rotatable bonds is 4. The molecule has 29 heavy (non-hydrogen) atoms. The van der Waals surface area contributed by atoms with E-state index in [4.69, 9.17) is 4.74 Å². The maximum atomic E-state index is 12.5. The average molecular weight is 392 g/mol. The lowest BCUT2D eigenvalue weighted by Crippen LogP contribution is -2.51. The van der Waals surface area contributed by atoms with Crippen molar-refractivity contribution in [2.75, 3.05) is 38.2 Å². The zero-order chi connectivity index (χ0) is 20.2. The highest BCUT2D eigenvalue weighted by molar-refractivity contribution is 5.92. The third kappa shape index (κ3) is 4.13. The molecule has 4 rings (SSSR count). The molecule has 2 amide bonds. The summed E-state index contributed by atoms with van der Waals surface area (Å²) < 4.78 is 5.17. The molecule has 0 radical (unpaired) electrons. The molecule has 0 saturated carbocycles. The van der Waals surface area contributed by atoms with Gasteiger partial charge in [0.1, 0.15) is 5.75 Å². The van der Waals surface area contributed by atoms with Crippen molar-refractivity contribution >= 4 is 17.6 Å². The number of aromatic nitrogens is 2. The van der Waals surface area contributed by atoms with Crippen LogP contribution in [0.5, 0.6) is 5.75 Å². The van der Waals surface area contributed by atoms with E-state index in [1.54, 1.807) is 12.0 Å². The van der Waals surface area contributed by atoms with Gasteiger partial charge in [-0.05, 0) is 42.5 Å². The SMILES string of the molecule is COc1ccc(-c2ccc(N3CCN(C(=O)C4C=CC(=O)N=N4)CC3)nn2)cc1. The number of amides is 2. The van der Waals surface area contributed by atoms with Crippen molar-refractivity contribution in [3.05, 3.63) is 48.6 Å². The van der Waals surface area contributed by atoms with Crippen molar-refractivity contribution in [1.82, 2.24) is 15.1 Å². The van der Waals surface area contributed by atoms with E-state index in [-0.39, 0.29) is 5.91 Å². The maximum Gasteiger partial charge on any atom is 0.287 e. The zero-order valence-corrected chi connectivity index (χ0v) is 15.9. The van der Waals surface area contributed by atoms with Gasteiger partial charge in [-0.1, -0.05) is 0 Å². The Bertz CT molecular complexity index is 931. The lowest BCUT2D eigenvalue weighted by molar-refractivity contribution is -0.131. The molecule has 0 spiro atoms. The first-order valence-electron chi connectivity index (χ1n) is 9.29. The summed E-state index contributed by atoms with van der Waals surface area (Å²) in [5.41, 5.74) is 1.75. The third-order valence-corrected chi connectivity index (χ3v) is 4.91. The highest BCUT2D eigenvalue weighted by Gasteiger charge is 2.28. The summed E-state index contributed by atoms with van der Waals surface area (Å²) in [6.07, 6.45) is 2.78. The Morgan fingerprint density at radius 1 is 1.03 bits per heavy atom. The first-order chi connectivity index (χ1) is 14.1. The van der Waals surface area contributed by atoms with Crippen LogP contribution in [0.25, 0.3) is 11.3 Å². The van der Waals surface area contributed by atoms with Crippen LogP contribution < -0.4 is 9.64 Å². The minimum atomic E-state index is -0.706. The number of carbonyl (C=O) groups is 2. The van der Waals surface area contributed by atoms with Gasteiger partial charge >= 0.3 is 0 Å². The highest BCUT2D eigenvalue weighted by atomic mass is 16.5. The summed E-state index contributed by atoms with van der Waals surface area (Å²) in [4.78, 5) is 27.4. The van der Waals surface area contributed by atoms with E-state index in [1.165, 1.54) is 12.2 Å². The molecule has 2 aliphatic rings. The molecule has 148 valence electrons. The predicted molar refractivity (Wildman–Crippen MR) is 106 cm³/mol. The minimum Gasteiger partial charge on any atom is -0.497 e. The zero-order valence-electron chi connectivity index (χ0n) is 15.9. The van der Waals surface area contributed by atoms with Crippen molar-refractivity contribution in [2.45, 2.75) is 6.04 Å². The molecule has 2 aliphatic heterocycles. The molecule has 0 N–H and O–H groups in total. The molecule has 0 bridgehead atoms. The first kappa shape index (κ1) is 18.7. The van der Waals surface area contributed by atoms with Gasteiger partial charge in [-0.15, -0.1) is 15.3 Å². The Balaban J connectivity index is 1.36. The number of azo groups is 1. The number of hydrogen-bond donors (Lipinski definition) is 0. The van der Waals surface area contributed by atoms with Crippen LogP contribution in [0.1, 0.15) is 0 Å². The summed E-state index contributed by atoms with van der Waals surface area (Å²) in [6, 6.07) is 10.8. The van der Waals surface area contributed by atoms with E-state index in [0.717, 1.165) is 22.8 Å². The van der Waals surface area contributed by atoms with E-state index in [2.05, 4.69) is 25.3 Å². The third-order valence-electron chi connectivity index (χ3n) is 4.91. The molecule has 1 fully saturated rings. The molecule has 1 atom stereocenters. The molecule has 9 nitrogen and oxygen atoms in total. The summed E-state index contributed by atoms with van der Waals surface area (Å²) in [7, 11) is 1.63. The van der Waals surface area contributed by atoms with Gasteiger partial charge < -0.3 is 14.5 Å². The van der Waals surface area contributed by atoms with Gasteiger partial charge in [0, 0.05) is 37.8 Å². The van der Waals surface area contributed by atoms with Gasteiger partial charge in [-0.2, -0.15) is 5.11 Å². The van der Waals surface area contributed by atoms with Crippen LogP contribution in [-0.2, 0) is 9.59 Å². The van der Waals surface area contributed by atoms with Crippen molar-refractivity contribution < 1.29 is 14.3 Å². The molecule has 1 aromatic carbocycles. The number of carbonyl (C=O) groups excluding carboxylic acids is 2. The van der Waals surface area contributed by atoms with Crippen molar-refractivity contribution in [3.63, 3.8) is 0 Å². The van der Waals surface area contributed by atoms with Crippen LogP contribution in [-0.4, -0.2) is 66.2 Å². The quantitative estimate of drug-likeness (QED) is 0.785. The van der Waals surface area contributed by atoms with Crippen LogP contribution in [0.2, 0.25) is 0 Å². The van der Waals surface area contributed by atoms with E-state index in [9.17, 15) is 9.59 Å². The van der Waals surface area contributed by atoms with Gasteiger partial charge in [0.15, 0.2) is 11.9 Å². The summed E-state index contributed by atoms with van der Waals surface area (Å²) >= 11 is 0. The number of methoxy groups -OCH3 is 1. The summed E-state index contributed by atoms with van der Waals surface area (Å²) in [5.74, 6) is 0.994. The molecule has 1 unspecified atom stereocenters. The summed E-state index contributed by atoms with van der Waals surface area (Å²) in [5, 5.41) is 15.9. The number of hydrogen-bond acceptors (Lipinski definition) is 7. The van der Waals surface area contributed by atoms with Gasteiger partial charge in [0.25, 0.3) is 11.8 Å². The van der Waals surface area contributed by atoms with E-state index in [0.29, 0.717) is 26.2 Å². The van der Waals surface area contributed by atoms with E-state index >= 15 is 0 Å². The van der Waals surface area contributed by atoms with Crippen molar-refractivity contribution in [2.24, 2.45) is 10.2 Å². The fourth-order valence-electron chi connectivity index (χ4n) is 3.25. The normalized spacial score (nSPS) is 18.8. The van der Waals surface area contributed by atoms with Gasteiger partial charge in [0.2, 0.25) is 0 Å². The van der Waals surface area contributed by atoms with E-state index in [1.807, 2.05) is 36.4 Å². The Morgan fingerprint density at radius 3 is 2.38 bits per heavy atom. The Morgan fingerprint density at radius 2 is 1.79 bits per heavy atom. The molecule has 2 aromatic rings. The molecule has 1 aromatic heterocycles. The lowest BCUT2D eigenvalue weighted by atomic mass is 10.1. The number of piperazine rings is 1. The molecular formula is C20H20N6O3. The molecule has 3 heterocycles. The largest absolute Gasteiger partial charge is 0.497 e. The van der Waals surface area contributed by atoms with Gasteiger partial charge in [-0.3, -0.25) is 9.59 Å². The Hall–Kier alpha value is -3.62. The van der Waals surface area contributed by atoms with Crippen LogP contribution in [0.15, 0.2) is 58.8 Å². The second-order valence-corrected chi connectivity index (χ2v) is 6.68. The summed E-state index contributed by atoms with van der Waals surface area (Å²) in [6.45, 7) is 2.40. The number of nitrogens with zero attached hydrogens (tertiary/aromatic N) is 6. The standard InChI is InChI=1S/C20H20N6O3/c1-29-15-4-2-14(3-5-15)16-6-8-18(23-21-16)25-10-12-26(13-11-25)20(28)17-7-9-19(27)24-22-17/h2-9,17H,10-13H2,1H3. The average Bonchev–Trinajstić information content (AvgIpc) is 2.79. The highest BCUT2D eigenvalue weighted by Crippen LogP contribution is 2.22. The minimum absolute atomic E-state index is 0.141. The van der Waals surface area contributed by atoms with E-state index < -0.39 is 11.9 Å². The van der Waals surface area contributed by atoms with Gasteiger partial charge in [0.05, 0.1) is 12.8 Å². The van der Waals surface area contributed by atoms with Crippen LogP contribution >= 0.6 is 0 Å². The molecule has 1 saturated heterocycles. The monoisotopic (exact) mass is 392 g/mol. The second kappa shape index (κ2) is 8.17. The fourth-order valence-corrected chi connectivity index (χ4v) is 3.25. The predicted octanol–water partition coefficient (Wildman–Crippen LogP) is 1.72. The number of anilines is 1. The first-order valence-corrected chi connectivity index (χ1v) is 9.29. The maximum absolute atomic E-state index is 12.5. The lowest BCUT2D eigenvalue weighted by Gasteiger charge is -2.35. The Kier molecular flexibility index (Phi) is 5.28. The van der Waals surface area contributed by atoms with Crippen molar-refractivity contribution in [1.29, 1.82) is 0 Å². The number of ether oxygens (including phenoxy) is 1. The molecule has 9 heteroatoms. The molecule has 0 aliphatic carbocycles. The Labute approximate surface area is 167 Å². The van der Waals surface area contributed by atoms with Crippen LogP contribution in [0.3, 0.4) is 0 Å².